The number of hydrogen-bond acceptors (Lipinski definition) is 2. The van der Waals surface area contributed by atoms with Gasteiger partial charge in [0.2, 0.25) is 0 Å². The maximum atomic E-state index is 5.67. The zero-order valence-electron chi connectivity index (χ0n) is 8.90. The summed E-state index contributed by atoms with van der Waals surface area (Å²) in [7, 11) is 0. The first kappa shape index (κ1) is 11.2. The summed E-state index contributed by atoms with van der Waals surface area (Å²) in [5, 5.41) is 0. The Labute approximate surface area is 101 Å². The number of nitrogens with one attached hydrogen (secondary N) is 1. The lowest BCUT2D eigenvalue weighted by Crippen LogP contribution is -2.18. The molecule has 0 saturated heterocycles. The average molecular weight is 236 g/mol. The number of halogens is 1. The molecule has 0 heterocycles. The van der Waals surface area contributed by atoms with Gasteiger partial charge in [-0.3, -0.25) is 0 Å². The number of rotatable bonds is 4. The van der Waals surface area contributed by atoms with E-state index in [-0.39, 0.29) is 6.04 Å². The van der Waals surface area contributed by atoms with E-state index in [2.05, 4.69) is 17.0 Å². The third-order valence-corrected chi connectivity index (χ3v) is 2.73. The largest absolute Gasteiger partial charge is 0.489 e. The molecule has 2 nitrogen and oxygen atoms in total. The number of benzene rings is 1. The standard InChI is InChI=1S/C13H14ClNO/c14-15-12-6-8-13(9-7-12)16-10-11-4-2-1-3-5-11/h1-6,8-9,12,15H,7,10H2. The van der Waals surface area contributed by atoms with E-state index in [4.69, 9.17) is 16.5 Å². The molecular formula is C13H14ClNO. The van der Waals surface area contributed by atoms with Gasteiger partial charge >= 0.3 is 0 Å². The van der Waals surface area contributed by atoms with E-state index in [0.717, 1.165) is 12.2 Å². The Bertz CT molecular complexity index is 386. The highest BCUT2D eigenvalue weighted by Crippen LogP contribution is 2.14. The topological polar surface area (TPSA) is 21.3 Å². The Morgan fingerprint density at radius 2 is 2.12 bits per heavy atom. The Morgan fingerprint density at radius 3 is 2.75 bits per heavy atom. The molecule has 84 valence electrons. The lowest BCUT2D eigenvalue weighted by molar-refractivity contribution is 0.208. The molecule has 0 amide bonds. The van der Waals surface area contributed by atoms with Crippen LogP contribution < -0.4 is 4.84 Å². The van der Waals surface area contributed by atoms with Crippen molar-refractivity contribution in [1.29, 1.82) is 0 Å². The molecule has 1 aliphatic rings. The molecule has 1 N–H and O–H groups in total. The van der Waals surface area contributed by atoms with Gasteiger partial charge in [-0.2, -0.15) is 0 Å². The van der Waals surface area contributed by atoms with Crippen LogP contribution in [0.5, 0.6) is 0 Å². The summed E-state index contributed by atoms with van der Waals surface area (Å²) in [6, 6.07) is 10.3. The Hall–Kier alpha value is -1.25. The summed E-state index contributed by atoms with van der Waals surface area (Å²) < 4.78 is 5.67. The maximum absolute atomic E-state index is 5.67. The van der Waals surface area contributed by atoms with Gasteiger partial charge in [-0.05, 0) is 35.9 Å². The molecule has 1 unspecified atom stereocenters. The van der Waals surface area contributed by atoms with Crippen molar-refractivity contribution in [3.8, 4) is 0 Å². The second kappa shape index (κ2) is 5.73. The smallest absolute Gasteiger partial charge is 0.115 e. The Balaban J connectivity index is 1.84. The molecule has 0 spiro atoms. The predicted octanol–water partition coefficient (Wildman–Crippen LogP) is 3.16. The Morgan fingerprint density at radius 1 is 1.31 bits per heavy atom. The molecule has 1 aromatic carbocycles. The van der Waals surface area contributed by atoms with Crippen molar-refractivity contribution in [3.63, 3.8) is 0 Å². The Kier molecular flexibility index (Phi) is 4.03. The van der Waals surface area contributed by atoms with Crippen molar-refractivity contribution < 1.29 is 4.74 Å². The zero-order chi connectivity index (χ0) is 11.2. The van der Waals surface area contributed by atoms with E-state index in [1.807, 2.05) is 36.4 Å². The third kappa shape index (κ3) is 3.12. The molecular weight excluding hydrogens is 222 g/mol. The van der Waals surface area contributed by atoms with Gasteiger partial charge in [-0.1, -0.05) is 36.4 Å². The second-order valence-electron chi connectivity index (χ2n) is 3.69. The molecule has 2 rings (SSSR count). The van der Waals surface area contributed by atoms with E-state index in [1.54, 1.807) is 0 Å². The molecule has 0 aromatic heterocycles. The van der Waals surface area contributed by atoms with Crippen molar-refractivity contribution in [2.24, 2.45) is 0 Å². The van der Waals surface area contributed by atoms with Crippen LogP contribution in [-0.4, -0.2) is 6.04 Å². The highest BCUT2D eigenvalue weighted by atomic mass is 35.5. The van der Waals surface area contributed by atoms with Gasteiger partial charge in [0.1, 0.15) is 12.4 Å². The first-order valence-corrected chi connectivity index (χ1v) is 5.67. The van der Waals surface area contributed by atoms with Crippen LogP contribution in [0.25, 0.3) is 0 Å². The van der Waals surface area contributed by atoms with Gasteiger partial charge in [-0.15, -0.1) is 0 Å². The second-order valence-corrected chi connectivity index (χ2v) is 3.91. The minimum absolute atomic E-state index is 0.214. The molecule has 0 aliphatic heterocycles. The average Bonchev–Trinajstić information content (AvgIpc) is 2.38. The van der Waals surface area contributed by atoms with Crippen LogP contribution in [0.15, 0.2) is 54.3 Å². The normalized spacial score (nSPS) is 19.3. The fraction of sp³-hybridized carbons (Fsp3) is 0.231. The quantitative estimate of drug-likeness (QED) is 0.810. The van der Waals surface area contributed by atoms with E-state index in [9.17, 15) is 0 Å². The molecule has 1 aromatic rings. The lowest BCUT2D eigenvalue weighted by Gasteiger charge is -2.14. The molecule has 1 aliphatic carbocycles. The van der Waals surface area contributed by atoms with Gasteiger partial charge in [-0.25, -0.2) is 4.84 Å². The van der Waals surface area contributed by atoms with Crippen molar-refractivity contribution in [2.75, 3.05) is 0 Å². The van der Waals surface area contributed by atoms with Crippen LogP contribution in [0.3, 0.4) is 0 Å². The summed E-state index contributed by atoms with van der Waals surface area (Å²) in [6.07, 6.45) is 6.87. The first-order valence-electron chi connectivity index (χ1n) is 5.30. The molecule has 3 heteroatoms. The summed E-state index contributed by atoms with van der Waals surface area (Å²) in [6.45, 7) is 0.607. The molecule has 0 radical (unpaired) electrons. The summed E-state index contributed by atoms with van der Waals surface area (Å²) in [5.41, 5.74) is 1.18. The van der Waals surface area contributed by atoms with Crippen molar-refractivity contribution in [1.82, 2.24) is 4.84 Å². The molecule has 0 fully saturated rings. The number of ether oxygens (including phenoxy) is 1. The molecule has 16 heavy (non-hydrogen) atoms. The summed E-state index contributed by atoms with van der Waals surface area (Å²) >= 11 is 5.53. The van der Waals surface area contributed by atoms with Crippen LogP contribution in [0.4, 0.5) is 0 Å². The summed E-state index contributed by atoms with van der Waals surface area (Å²) in [4.78, 5) is 2.68. The summed E-state index contributed by atoms with van der Waals surface area (Å²) in [5.74, 6) is 0.909. The van der Waals surface area contributed by atoms with E-state index in [1.165, 1.54) is 5.56 Å². The van der Waals surface area contributed by atoms with Gasteiger partial charge in [0, 0.05) is 6.04 Å². The third-order valence-electron chi connectivity index (χ3n) is 2.45. The van der Waals surface area contributed by atoms with Crippen LogP contribution in [-0.2, 0) is 11.3 Å². The van der Waals surface area contributed by atoms with E-state index in [0.29, 0.717) is 6.61 Å². The van der Waals surface area contributed by atoms with Crippen molar-refractivity contribution in [2.45, 2.75) is 19.1 Å². The SMILES string of the molecule is ClNC1C=CC(OCc2ccccc2)=CC1. The number of allylic oxidation sites excluding steroid dienone is 1. The van der Waals surface area contributed by atoms with Crippen LogP contribution in [0.2, 0.25) is 0 Å². The zero-order valence-corrected chi connectivity index (χ0v) is 9.65. The van der Waals surface area contributed by atoms with Crippen molar-refractivity contribution in [3.05, 3.63) is 59.9 Å². The molecule has 0 bridgehead atoms. The van der Waals surface area contributed by atoms with Gasteiger partial charge in [0.05, 0.1) is 0 Å². The van der Waals surface area contributed by atoms with Crippen LogP contribution in [0, 0.1) is 0 Å². The first-order chi connectivity index (χ1) is 7.88. The van der Waals surface area contributed by atoms with Crippen LogP contribution in [0.1, 0.15) is 12.0 Å². The fourth-order valence-electron chi connectivity index (χ4n) is 1.53. The van der Waals surface area contributed by atoms with Gasteiger partial charge in [0.15, 0.2) is 0 Å². The predicted molar refractivity (Wildman–Crippen MR) is 65.8 cm³/mol. The highest BCUT2D eigenvalue weighted by Gasteiger charge is 2.07. The van der Waals surface area contributed by atoms with Gasteiger partial charge in [0.25, 0.3) is 0 Å². The van der Waals surface area contributed by atoms with Crippen LogP contribution >= 0.6 is 11.8 Å². The minimum atomic E-state index is 0.214. The van der Waals surface area contributed by atoms with E-state index < -0.39 is 0 Å². The van der Waals surface area contributed by atoms with E-state index >= 15 is 0 Å². The fourth-order valence-corrected chi connectivity index (χ4v) is 1.69. The number of hydrogen-bond donors (Lipinski definition) is 1. The minimum Gasteiger partial charge on any atom is -0.489 e. The lowest BCUT2D eigenvalue weighted by atomic mass is 10.1. The van der Waals surface area contributed by atoms with Gasteiger partial charge < -0.3 is 4.74 Å². The highest BCUT2D eigenvalue weighted by molar-refractivity contribution is 6.13. The monoisotopic (exact) mass is 235 g/mol. The maximum Gasteiger partial charge on any atom is 0.115 e. The van der Waals surface area contributed by atoms with Crippen molar-refractivity contribution >= 4 is 11.8 Å². The molecule has 0 saturated carbocycles. The molecule has 1 atom stereocenters.